The summed E-state index contributed by atoms with van der Waals surface area (Å²) in [7, 11) is 0. The van der Waals surface area contributed by atoms with Crippen LogP contribution in [0, 0.1) is 5.92 Å². The molecule has 0 amide bonds. The molecule has 1 unspecified atom stereocenters. The molecule has 0 fully saturated rings. The average Bonchev–Trinajstić information content (AvgIpc) is 2.03. The van der Waals surface area contributed by atoms with Gasteiger partial charge in [-0.05, 0) is 32.1 Å². The maximum atomic E-state index is 3.75. The molecular formula is C13H29N. The molecule has 14 heavy (non-hydrogen) atoms. The van der Waals surface area contributed by atoms with Crippen molar-refractivity contribution in [2.45, 2.75) is 78.8 Å². The van der Waals surface area contributed by atoms with Crippen LogP contribution in [0.2, 0.25) is 0 Å². The van der Waals surface area contributed by atoms with E-state index in [0.29, 0.717) is 6.04 Å². The normalized spacial score (nSPS) is 13.9. The van der Waals surface area contributed by atoms with E-state index in [2.05, 4.69) is 39.9 Å². The van der Waals surface area contributed by atoms with Gasteiger partial charge >= 0.3 is 0 Å². The molecule has 0 rings (SSSR count). The fourth-order valence-corrected chi connectivity index (χ4v) is 2.19. The molecule has 0 aromatic heterocycles. The third-order valence-electron chi connectivity index (χ3n) is 2.62. The second kappa shape index (κ2) is 8.28. The summed E-state index contributed by atoms with van der Waals surface area (Å²) in [4.78, 5) is 0. The summed E-state index contributed by atoms with van der Waals surface area (Å²) >= 11 is 0. The monoisotopic (exact) mass is 199 g/mol. The number of nitrogens with one attached hydrogen (secondary N) is 1. The molecule has 0 aliphatic carbocycles. The highest BCUT2D eigenvalue weighted by Crippen LogP contribution is 2.09. The molecule has 1 nitrogen and oxygen atoms in total. The van der Waals surface area contributed by atoms with E-state index < -0.39 is 0 Å². The van der Waals surface area contributed by atoms with Crippen molar-refractivity contribution >= 4 is 0 Å². The van der Waals surface area contributed by atoms with Gasteiger partial charge in [0, 0.05) is 12.1 Å². The Morgan fingerprint density at radius 2 is 1.43 bits per heavy atom. The molecule has 0 aliphatic heterocycles. The molecule has 0 aromatic rings. The van der Waals surface area contributed by atoms with Crippen molar-refractivity contribution in [3.05, 3.63) is 0 Å². The van der Waals surface area contributed by atoms with Gasteiger partial charge in [-0.2, -0.15) is 0 Å². The highest BCUT2D eigenvalue weighted by atomic mass is 14.9. The lowest BCUT2D eigenvalue weighted by Crippen LogP contribution is -2.37. The standard InChI is InChI=1S/C13H29N/c1-6-8-13(9-7-2)14-12(5)10-11(3)4/h11-14H,6-10H2,1-5H3. The Morgan fingerprint density at radius 1 is 0.929 bits per heavy atom. The zero-order valence-electron chi connectivity index (χ0n) is 10.8. The molecule has 0 heterocycles. The van der Waals surface area contributed by atoms with Crippen LogP contribution in [0.25, 0.3) is 0 Å². The van der Waals surface area contributed by atoms with E-state index in [1.807, 2.05) is 0 Å². The Labute approximate surface area is 90.7 Å². The minimum Gasteiger partial charge on any atom is -0.311 e. The topological polar surface area (TPSA) is 12.0 Å². The summed E-state index contributed by atoms with van der Waals surface area (Å²) in [5.41, 5.74) is 0. The van der Waals surface area contributed by atoms with Crippen LogP contribution in [0.5, 0.6) is 0 Å². The molecule has 0 radical (unpaired) electrons. The van der Waals surface area contributed by atoms with E-state index in [0.717, 1.165) is 12.0 Å². The summed E-state index contributed by atoms with van der Waals surface area (Å²) in [5.74, 6) is 0.807. The molecule has 0 saturated carbocycles. The van der Waals surface area contributed by atoms with Gasteiger partial charge in [0.2, 0.25) is 0 Å². The van der Waals surface area contributed by atoms with Gasteiger partial charge in [-0.3, -0.25) is 0 Å². The first-order chi connectivity index (χ1) is 6.60. The summed E-state index contributed by atoms with van der Waals surface area (Å²) in [6, 6.07) is 1.43. The van der Waals surface area contributed by atoms with Gasteiger partial charge in [0.15, 0.2) is 0 Å². The van der Waals surface area contributed by atoms with Crippen molar-refractivity contribution in [1.29, 1.82) is 0 Å². The van der Waals surface area contributed by atoms with Crippen LogP contribution in [-0.4, -0.2) is 12.1 Å². The zero-order valence-corrected chi connectivity index (χ0v) is 10.8. The van der Waals surface area contributed by atoms with Crippen molar-refractivity contribution < 1.29 is 0 Å². The highest BCUT2D eigenvalue weighted by Gasteiger charge is 2.11. The Hall–Kier alpha value is -0.0400. The minimum absolute atomic E-state index is 0.679. The Morgan fingerprint density at radius 3 is 1.79 bits per heavy atom. The van der Waals surface area contributed by atoms with Crippen LogP contribution in [0.3, 0.4) is 0 Å². The molecular weight excluding hydrogens is 170 g/mol. The van der Waals surface area contributed by atoms with Gasteiger partial charge < -0.3 is 5.32 Å². The lowest BCUT2D eigenvalue weighted by atomic mass is 10.0. The van der Waals surface area contributed by atoms with Gasteiger partial charge in [-0.25, -0.2) is 0 Å². The molecule has 0 bridgehead atoms. The molecule has 0 aromatic carbocycles. The SMILES string of the molecule is CCCC(CCC)NC(C)CC(C)C. The average molecular weight is 199 g/mol. The van der Waals surface area contributed by atoms with Crippen LogP contribution in [0.4, 0.5) is 0 Å². The van der Waals surface area contributed by atoms with E-state index >= 15 is 0 Å². The molecule has 1 atom stereocenters. The second-order valence-electron chi connectivity index (χ2n) is 4.97. The van der Waals surface area contributed by atoms with Crippen molar-refractivity contribution in [1.82, 2.24) is 5.32 Å². The third-order valence-corrected chi connectivity index (χ3v) is 2.62. The first kappa shape index (κ1) is 14.0. The van der Waals surface area contributed by atoms with Crippen LogP contribution >= 0.6 is 0 Å². The third kappa shape index (κ3) is 7.37. The Kier molecular flexibility index (Phi) is 8.26. The predicted molar refractivity (Wildman–Crippen MR) is 65.7 cm³/mol. The maximum Gasteiger partial charge on any atom is 0.00693 e. The van der Waals surface area contributed by atoms with E-state index in [1.165, 1.54) is 32.1 Å². The Bertz CT molecular complexity index is 114. The first-order valence-corrected chi connectivity index (χ1v) is 6.36. The summed E-state index contributed by atoms with van der Waals surface area (Å²) in [6.07, 6.45) is 6.55. The first-order valence-electron chi connectivity index (χ1n) is 6.36. The van der Waals surface area contributed by atoms with Crippen LogP contribution < -0.4 is 5.32 Å². The van der Waals surface area contributed by atoms with Gasteiger partial charge in [0.1, 0.15) is 0 Å². The van der Waals surface area contributed by atoms with Gasteiger partial charge in [0.05, 0.1) is 0 Å². The van der Waals surface area contributed by atoms with Crippen molar-refractivity contribution in [3.8, 4) is 0 Å². The predicted octanol–water partition coefficient (Wildman–Crippen LogP) is 3.98. The lowest BCUT2D eigenvalue weighted by molar-refractivity contribution is 0.359. The maximum absolute atomic E-state index is 3.75. The minimum atomic E-state index is 0.679. The van der Waals surface area contributed by atoms with Gasteiger partial charge in [-0.1, -0.05) is 40.5 Å². The molecule has 0 saturated heterocycles. The van der Waals surface area contributed by atoms with Gasteiger partial charge in [-0.15, -0.1) is 0 Å². The quantitative estimate of drug-likeness (QED) is 0.623. The fraction of sp³-hybridized carbons (Fsp3) is 1.00. The van der Waals surface area contributed by atoms with E-state index in [4.69, 9.17) is 0 Å². The summed E-state index contributed by atoms with van der Waals surface area (Å²) < 4.78 is 0. The summed E-state index contributed by atoms with van der Waals surface area (Å²) in [6.45, 7) is 11.5. The smallest absolute Gasteiger partial charge is 0.00693 e. The number of rotatable bonds is 8. The summed E-state index contributed by atoms with van der Waals surface area (Å²) in [5, 5.41) is 3.75. The fourth-order valence-electron chi connectivity index (χ4n) is 2.19. The van der Waals surface area contributed by atoms with Crippen LogP contribution in [0.1, 0.15) is 66.7 Å². The largest absolute Gasteiger partial charge is 0.311 e. The Balaban J connectivity index is 3.76. The molecule has 0 spiro atoms. The van der Waals surface area contributed by atoms with E-state index in [-0.39, 0.29) is 0 Å². The molecule has 1 N–H and O–H groups in total. The molecule has 86 valence electrons. The molecule has 1 heteroatoms. The van der Waals surface area contributed by atoms with E-state index in [1.54, 1.807) is 0 Å². The van der Waals surface area contributed by atoms with E-state index in [9.17, 15) is 0 Å². The number of hydrogen-bond donors (Lipinski definition) is 1. The lowest BCUT2D eigenvalue weighted by Gasteiger charge is -2.23. The molecule has 0 aliphatic rings. The number of hydrogen-bond acceptors (Lipinski definition) is 1. The van der Waals surface area contributed by atoms with Crippen molar-refractivity contribution in [3.63, 3.8) is 0 Å². The van der Waals surface area contributed by atoms with Crippen molar-refractivity contribution in [2.75, 3.05) is 0 Å². The zero-order chi connectivity index (χ0) is 11.0. The highest BCUT2D eigenvalue weighted by molar-refractivity contribution is 4.71. The van der Waals surface area contributed by atoms with Crippen LogP contribution in [0.15, 0.2) is 0 Å². The van der Waals surface area contributed by atoms with Crippen LogP contribution in [-0.2, 0) is 0 Å². The second-order valence-corrected chi connectivity index (χ2v) is 4.97. The van der Waals surface area contributed by atoms with Crippen molar-refractivity contribution in [2.24, 2.45) is 5.92 Å². The van der Waals surface area contributed by atoms with Gasteiger partial charge in [0.25, 0.3) is 0 Å².